The predicted octanol–water partition coefficient (Wildman–Crippen LogP) is 3.48. The molecule has 4 rings (SSSR count). The van der Waals surface area contributed by atoms with E-state index in [2.05, 4.69) is 51.1 Å². The Bertz CT molecular complexity index is 907. The molecule has 0 amide bonds. The van der Waals surface area contributed by atoms with Crippen molar-refractivity contribution in [3.05, 3.63) is 54.4 Å². The first kappa shape index (κ1) is 11.1. The molecule has 0 radical (unpaired) electrons. The van der Waals surface area contributed by atoms with Crippen molar-refractivity contribution < 1.29 is 0 Å². The van der Waals surface area contributed by atoms with Crippen LogP contribution in [0.25, 0.3) is 33.5 Å². The topological polar surface area (TPSA) is 54.5 Å². The van der Waals surface area contributed by atoms with E-state index in [1.807, 2.05) is 12.1 Å². The second kappa shape index (κ2) is 4.13. The fraction of sp³-hybridized carbons (Fsp3) is 0.0625. The Morgan fingerprint density at radius 3 is 2.50 bits per heavy atom. The number of rotatable bonds is 1. The third kappa shape index (κ3) is 1.66. The van der Waals surface area contributed by atoms with Crippen molar-refractivity contribution in [2.45, 2.75) is 6.92 Å². The number of aromatic amines is 1. The minimum atomic E-state index is 0.833. The summed E-state index contributed by atoms with van der Waals surface area (Å²) in [6.45, 7) is 2.07. The SMILES string of the molecule is Cc1ccc(-c2nc3c(ccc4nccnc43)[nH]2)cc1. The molecule has 2 heterocycles. The Morgan fingerprint density at radius 1 is 0.850 bits per heavy atom. The second-order valence-electron chi connectivity index (χ2n) is 4.84. The quantitative estimate of drug-likeness (QED) is 0.570. The molecule has 2 aromatic heterocycles. The Morgan fingerprint density at radius 2 is 1.65 bits per heavy atom. The third-order valence-electron chi connectivity index (χ3n) is 3.42. The highest BCUT2D eigenvalue weighted by Crippen LogP contribution is 2.24. The van der Waals surface area contributed by atoms with Crippen molar-refractivity contribution >= 4 is 22.1 Å². The van der Waals surface area contributed by atoms with Gasteiger partial charge in [-0.3, -0.25) is 9.97 Å². The molecule has 20 heavy (non-hydrogen) atoms. The number of hydrogen-bond donors (Lipinski definition) is 1. The molecule has 4 heteroatoms. The van der Waals surface area contributed by atoms with E-state index in [1.165, 1.54) is 5.56 Å². The molecule has 0 saturated heterocycles. The van der Waals surface area contributed by atoms with Crippen molar-refractivity contribution in [2.24, 2.45) is 0 Å². The van der Waals surface area contributed by atoms with Crippen LogP contribution in [-0.2, 0) is 0 Å². The van der Waals surface area contributed by atoms with Gasteiger partial charge in [0.1, 0.15) is 16.9 Å². The largest absolute Gasteiger partial charge is 0.338 e. The van der Waals surface area contributed by atoms with E-state index in [1.54, 1.807) is 12.4 Å². The summed E-state index contributed by atoms with van der Waals surface area (Å²) in [4.78, 5) is 16.7. The summed E-state index contributed by atoms with van der Waals surface area (Å²) >= 11 is 0. The fourth-order valence-corrected chi connectivity index (χ4v) is 2.35. The van der Waals surface area contributed by atoms with Gasteiger partial charge in [-0.25, -0.2) is 4.98 Å². The van der Waals surface area contributed by atoms with Crippen LogP contribution in [0.1, 0.15) is 5.56 Å². The van der Waals surface area contributed by atoms with Crippen molar-refractivity contribution in [1.29, 1.82) is 0 Å². The molecular weight excluding hydrogens is 248 g/mol. The Balaban J connectivity index is 1.98. The zero-order chi connectivity index (χ0) is 13.5. The van der Waals surface area contributed by atoms with Gasteiger partial charge in [-0.1, -0.05) is 29.8 Å². The molecule has 0 atom stereocenters. The van der Waals surface area contributed by atoms with Crippen LogP contribution in [0.4, 0.5) is 0 Å². The van der Waals surface area contributed by atoms with Crippen LogP contribution < -0.4 is 0 Å². The van der Waals surface area contributed by atoms with Crippen LogP contribution in [-0.4, -0.2) is 19.9 Å². The second-order valence-corrected chi connectivity index (χ2v) is 4.84. The number of nitrogens with one attached hydrogen (secondary N) is 1. The molecule has 0 aliphatic rings. The van der Waals surface area contributed by atoms with Gasteiger partial charge in [0.15, 0.2) is 0 Å². The lowest BCUT2D eigenvalue weighted by Crippen LogP contribution is -1.83. The first-order valence-corrected chi connectivity index (χ1v) is 6.48. The van der Waals surface area contributed by atoms with Gasteiger partial charge >= 0.3 is 0 Å². The van der Waals surface area contributed by atoms with Gasteiger partial charge in [-0.2, -0.15) is 0 Å². The molecule has 0 saturated carbocycles. The molecule has 0 unspecified atom stereocenters. The molecule has 4 aromatic rings. The predicted molar refractivity (Wildman–Crippen MR) is 79.4 cm³/mol. The van der Waals surface area contributed by atoms with Gasteiger partial charge in [-0.15, -0.1) is 0 Å². The van der Waals surface area contributed by atoms with Gasteiger partial charge in [-0.05, 0) is 19.1 Å². The molecule has 0 spiro atoms. The normalized spacial score (nSPS) is 11.2. The molecular formula is C16H12N4. The number of benzene rings is 2. The number of hydrogen-bond acceptors (Lipinski definition) is 3. The molecule has 4 nitrogen and oxygen atoms in total. The Labute approximate surface area is 115 Å². The summed E-state index contributed by atoms with van der Waals surface area (Å²) in [6, 6.07) is 12.3. The highest BCUT2D eigenvalue weighted by Gasteiger charge is 2.09. The lowest BCUT2D eigenvalue weighted by molar-refractivity contribution is 1.29. The number of imidazole rings is 1. The van der Waals surface area contributed by atoms with E-state index >= 15 is 0 Å². The maximum atomic E-state index is 4.68. The number of H-pyrrole nitrogens is 1. The fourth-order valence-electron chi connectivity index (χ4n) is 2.35. The van der Waals surface area contributed by atoms with Gasteiger partial charge in [0, 0.05) is 18.0 Å². The minimum Gasteiger partial charge on any atom is -0.338 e. The van der Waals surface area contributed by atoms with Crippen LogP contribution in [0.3, 0.4) is 0 Å². The van der Waals surface area contributed by atoms with Gasteiger partial charge in [0.25, 0.3) is 0 Å². The van der Waals surface area contributed by atoms with E-state index < -0.39 is 0 Å². The summed E-state index contributed by atoms with van der Waals surface area (Å²) < 4.78 is 0. The molecule has 0 fully saturated rings. The van der Waals surface area contributed by atoms with Gasteiger partial charge < -0.3 is 4.98 Å². The number of nitrogens with zero attached hydrogens (tertiary/aromatic N) is 3. The van der Waals surface area contributed by atoms with E-state index in [4.69, 9.17) is 0 Å². The Hall–Kier alpha value is -2.75. The number of aryl methyl sites for hydroxylation is 1. The lowest BCUT2D eigenvalue weighted by atomic mass is 10.1. The monoisotopic (exact) mass is 260 g/mol. The minimum absolute atomic E-state index is 0.833. The van der Waals surface area contributed by atoms with Crippen LogP contribution in [0.5, 0.6) is 0 Å². The zero-order valence-electron chi connectivity index (χ0n) is 11.0. The van der Waals surface area contributed by atoms with Crippen molar-refractivity contribution in [2.75, 3.05) is 0 Å². The van der Waals surface area contributed by atoms with E-state index in [9.17, 15) is 0 Å². The van der Waals surface area contributed by atoms with Crippen LogP contribution in [0.2, 0.25) is 0 Å². The van der Waals surface area contributed by atoms with Crippen LogP contribution in [0.15, 0.2) is 48.8 Å². The highest BCUT2D eigenvalue weighted by molar-refractivity contribution is 6.00. The summed E-state index contributed by atoms with van der Waals surface area (Å²) in [5, 5.41) is 0. The molecule has 1 N–H and O–H groups in total. The standard InChI is InChI=1S/C16H12N4/c1-10-2-4-11(5-3-10)16-19-13-7-6-12-14(15(13)20-16)18-9-8-17-12/h2-9H,1H3,(H,19,20). The summed E-state index contributed by atoms with van der Waals surface area (Å²) in [6.07, 6.45) is 3.39. The molecule has 0 aliphatic carbocycles. The summed E-state index contributed by atoms with van der Waals surface area (Å²) in [7, 11) is 0. The van der Waals surface area contributed by atoms with Gasteiger partial charge in [0.05, 0.1) is 11.0 Å². The first-order chi connectivity index (χ1) is 9.81. The maximum Gasteiger partial charge on any atom is 0.138 e. The number of fused-ring (bicyclic) bond motifs is 3. The van der Waals surface area contributed by atoms with E-state index in [-0.39, 0.29) is 0 Å². The third-order valence-corrected chi connectivity index (χ3v) is 3.42. The van der Waals surface area contributed by atoms with Crippen LogP contribution in [0, 0.1) is 6.92 Å². The zero-order valence-corrected chi connectivity index (χ0v) is 11.0. The first-order valence-electron chi connectivity index (χ1n) is 6.48. The average Bonchev–Trinajstić information content (AvgIpc) is 2.92. The smallest absolute Gasteiger partial charge is 0.138 e. The lowest BCUT2D eigenvalue weighted by Gasteiger charge is -1.96. The van der Waals surface area contributed by atoms with Crippen molar-refractivity contribution in [1.82, 2.24) is 19.9 Å². The molecule has 2 aromatic carbocycles. The van der Waals surface area contributed by atoms with E-state index in [0.717, 1.165) is 33.5 Å². The molecule has 0 aliphatic heterocycles. The maximum absolute atomic E-state index is 4.68. The summed E-state index contributed by atoms with van der Waals surface area (Å²) in [5.41, 5.74) is 5.85. The average molecular weight is 260 g/mol. The van der Waals surface area contributed by atoms with Crippen molar-refractivity contribution in [3.8, 4) is 11.4 Å². The molecule has 0 bridgehead atoms. The van der Waals surface area contributed by atoms with Crippen molar-refractivity contribution in [3.63, 3.8) is 0 Å². The number of aromatic nitrogens is 4. The highest BCUT2D eigenvalue weighted by atomic mass is 14.9. The van der Waals surface area contributed by atoms with Gasteiger partial charge in [0.2, 0.25) is 0 Å². The molecule has 96 valence electrons. The van der Waals surface area contributed by atoms with E-state index in [0.29, 0.717) is 0 Å². The summed E-state index contributed by atoms with van der Waals surface area (Å²) in [5.74, 6) is 0.859. The Kier molecular flexibility index (Phi) is 2.29. The van der Waals surface area contributed by atoms with Crippen LogP contribution >= 0.6 is 0 Å².